The number of aryl methyl sites for hydroxylation is 1. The molecular weight excluding hydrogens is 380 g/mol. The predicted molar refractivity (Wildman–Crippen MR) is 118 cm³/mol. The van der Waals surface area contributed by atoms with Gasteiger partial charge in [-0.2, -0.15) is 0 Å². The topological polar surface area (TPSA) is 48.5 Å². The van der Waals surface area contributed by atoms with Gasteiger partial charge < -0.3 is 9.80 Å². The molecule has 150 valence electrons. The zero-order valence-electron chi connectivity index (χ0n) is 16.6. The van der Waals surface area contributed by atoms with Crippen molar-refractivity contribution in [3.63, 3.8) is 0 Å². The Kier molecular flexibility index (Phi) is 6.22. The van der Waals surface area contributed by atoms with E-state index in [9.17, 15) is 4.79 Å². The van der Waals surface area contributed by atoms with Gasteiger partial charge >= 0.3 is 0 Å². The van der Waals surface area contributed by atoms with Crippen molar-refractivity contribution in [2.24, 2.45) is 0 Å². The first kappa shape index (κ1) is 19.6. The highest BCUT2D eigenvalue weighted by atomic mass is 32.1. The van der Waals surface area contributed by atoms with E-state index in [0.29, 0.717) is 6.54 Å². The predicted octanol–water partition coefficient (Wildman–Crippen LogP) is 3.48. The number of pyridine rings is 1. The van der Waals surface area contributed by atoms with E-state index in [-0.39, 0.29) is 11.9 Å². The lowest BCUT2D eigenvalue weighted by atomic mass is 10.0. The number of amides is 1. The van der Waals surface area contributed by atoms with Crippen LogP contribution in [-0.4, -0.2) is 48.5 Å². The van der Waals surface area contributed by atoms with E-state index < -0.39 is 0 Å². The molecule has 0 radical (unpaired) electrons. The highest BCUT2D eigenvalue weighted by Crippen LogP contribution is 2.26. The van der Waals surface area contributed by atoms with Crippen LogP contribution in [0.3, 0.4) is 0 Å². The van der Waals surface area contributed by atoms with Crippen LogP contribution in [0.25, 0.3) is 0 Å². The molecular formula is C23H26N4OS. The number of aromatic nitrogens is 1. The van der Waals surface area contributed by atoms with Crippen LogP contribution in [0.4, 0.5) is 5.82 Å². The molecule has 3 heterocycles. The largest absolute Gasteiger partial charge is 0.353 e. The monoisotopic (exact) mass is 406 g/mol. The average Bonchev–Trinajstić information content (AvgIpc) is 3.30. The number of carbonyl (C=O) groups excluding carboxylic acids is 1. The van der Waals surface area contributed by atoms with E-state index in [0.717, 1.165) is 32.0 Å². The Morgan fingerprint density at radius 3 is 2.52 bits per heavy atom. The third-order valence-electron chi connectivity index (χ3n) is 5.30. The molecule has 3 aromatic rings. The van der Waals surface area contributed by atoms with Crippen molar-refractivity contribution >= 4 is 23.1 Å². The Morgan fingerprint density at radius 2 is 1.86 bits per heavy atom. The van der Waals surface area contributed by atoms with E-state index in [1.165, 1.54) is 16.0 Å². The first-order chi connectivity index (χ1) is 14.2. The zero-order chi connectivity index (χ0) is 20.1. The molecule has 1 aliphatic heterocycles. The molecule has 4 rings (SSSR count). The van der Waals surface area contributed by atoms with Gasteiger partial charge in [0.15, 0.2) is 0 Å². The highest BCUT2D eigenvalue weighted by molar-refractivity contribution is 7.10. The lowest BCUT2D eigenvalue weighted by Gasteiger charge is -2.35. The smallest absolute Gasteiger partial charge is 0.236 e. The van der Waals surface area contributed by atoms with Gasteiger partial charge in [0, 0.05) is 37.3 Å². The van der Waals surface area contributed by atoms with Crippen molar-refractivity contribution in [3.8, 4) is 0 Å². The number of anilines is 1. The number of carbonyl (C=O) groups is 1. The third kappa shape index (κ3) is 4.83. The Labute approximate surface area is 176 Å². The molecule has 0 unspecified atom stereocenters. The lowest BCUT2D eigenvalue weighted by Crippen LogP contribution is -2.51. The molecule has 1 atom stereocenters. The van der Waals surface area contributed by atoms with Crippen LogP contribution in [0.15, 0.2) is 66.2 Å². The van der Waals surface area contributed by atoms with Gasteiger partial charge in [-0.25, -0.2) is 4.98 Å². The molecule has 6 heteroatoms. The van der Waals surface area contributed by atoms with Crippen LogP contribution < -0.4 is 10.2 Å². The summed E-state index contributed by atoms with van der Waals surface area (Å²) < 4.78 is 0. The molecule has 0 saturated carbocycles. The SMILES string of the molecule is Cc1ccc([C@@H](NCC(=O)N2CCN(c3ccccn3)CC2)c2cccs2)cc1. The Balaban J connectivity index is 1.36. The molecule has 1 saturated heterocycles. The molecule has 0 bridgehead atoms. The minimum absolute atomic E-state index is 0.0364. The fourth-order valence-corrected chi connectivity index (χ4v) is 4.45. The maximum absolute atomic E-state index is 12.8. The van der Waals surface area contributed by atoms with Gasteiger partial charge in [0.25, 0.3) is 0 Å². The zero-order valence-corrected chi connectivity index (χ0v) is 17.4. The van der Waals surface area contributed by atoms with Crippen molar-refractivity contribution in [1.29, 1.82) is 0 Å². The van der Waals surface area contributed by atoms with E-state index in [2.05, 4.69) is 63.9 Å². The summed E-state index contributed by atoms with van der Waals surface area (Å²) in [6.45, 7) is 5.51. The summed E-state index contributed by atoms with van der Waals surface area (Å²) in [5, 5.41) is 5.57. The second kappa shape index (κ2) is 9.20. The fourth-order valence-electron chi connectivity index (χ4n) is 3.62. The number of rotatable bonds is 6. The van der Waals surface area contributed by atoms with Crippen LogP contribution >= 0.6 is 11.3 Å². The maximum Gasteiger partial charge on any atom is 0.236 e. The lowest BCUT2D eigenvalue weighted by molar-refractivity contribution is -0.130. The number of piperazine rings is 1. The number of thiophene rings is 1. The van der Waals surface area contributed by atoms with Gasteiger partial charge in [-0.1, -0.05) is 42.0 Å². The minimum Gasteiger partial charge on any atom is -0.353 e. The summed E-state index contributed by atoms with van der Waals surface area (Å²) in [6, 6.07) is 18.7. The fraction of sp³-hybridized carbons (Fsp3) is 0.304. The molecule has 0 aliphatic carbocycles. The number of hydrogen-bond donors (Lipinski definition) is 1. The van der Waals surface area contributed by atoms with Gasteiger partial charge in [-0.15, -0.1) is 11.3 Å². The quantitative estimate of drug-likeness (QED) is 0.681. The summed E-state index contributed by atoms with van der Waals surface area (Å²) in [5.41, 5.74) is 2.42. The summed E-state index contributed by atoms with van der Waals surface area (Å²) in [4.78, 5) is 22.7. The van der Waals surface area contributed by atoms with Crippen molar-refractivity contribution < 1.29 is 4.79 Å². The van der Waals surface area contributed by atoms with Crippen molar-refractivity contribution in [2.75, 3.05) is 37.6 Å². The molecule has 5 nitrogen and oxygen atoms in total. The number of nitrogens with zero attached hydrogens (tertiary/aromatic N) is 3. The Bertz CT molecular complexity index is 904. The second-order valence-corrected chi connectivity index (χ2v) is 8.28. The number of hydrogen-bond acceptors (Lipinski definition) is 5. The normalized spacial score (nSPS) is 15.3. The standard InChI is InChI=1S/C23H26N4OS/c1-18-7-9-19(10-8-18)23(20-5-4-16-29-20)25-17-22(28)27-14-12-26(13-15-27)21-6-2-3-11-24-21/h2-11,16,23,25H,12-15,17H2,1H3/t23-/m1/s1. The van der Waals surface area contributed by atoms with Gasteiger partial charge in [0.1, 0.15) is 5.82 Å². The molecule has 2 aromatic heterocycles. The highest BCUT2D eigenvalue weighted by Gasteiger charge is 2.23. The first-order valence-electron chi connectivity index (χ1n) is 9.98. The second-order valence-electron chi connectivity index (χ2n) is 7.30. The van der Waals surface area contributed by atoms with Crippen LogP contribution in [-0.2, 0) is 4.79 Å². The van der Waals surface area contributed by atoms with E-state index in [4.69, 9.17) is 0 Å². The minimum atomic E-state index is 0.0364. The Hall–Kier alpha value is -2.70. The number of benzene rings is 1. The summed E-state index contributed by atoms with van der Waals surface area (Å²) in [7, 11) is 0. The molecule has 1 aliphatic rings. The maximum atomic E-state index is 12.8. The molecule has 1 amide bonds. The third-order valence-corrected chi connectivity index (χ3v) is 6.24. The van der Waals surface area contributed by atoms with Gasteiger partial charge in [0.2, 0.25) is 5.91 Å². The van der Waals surface area contributed by atoms with Crippen LogP contribution in [0.2, 0.25) is 0 Å². The van der Waals surface area contributed by atoms with E-state index >= 15 is 0 Å². The van der Waals surface area contributed by atoms with Crippen molar-refractivity contribution in [1.82, 2.24) is 15.2 Å². The van der Waals surface area contributed by atoms with Crippen LogP contribution in [0.1, 0.15) is 22.0 Å². The van der Waals surface area contributed by atoms with Gasteiger partial charge in [0.05, 0.1) is 12.6 Å². The average molecular weight is 407 g/mol. The molecule has 0 spiro atoms. The summed E-state index contributed by atoms with van der Waals surface area (Å²) in [6.07, 6.45) is 1.81. The first-order valence-corrected chi connectivity index (χ1v) is 10.9. The molecule has 1 N–H and O–H groups in total. The van der Waals surface area contributed by atoms with Crippen LogP contribution in [0.5, 0.6) is 0 Å². The van der Waals surface area contributed by atoms with Crippen LogP contribution in [0, 0.1) is 6.92 Å². The molecule has 1 aromatic carbocycles. The summed E-state index contributed by atoms with van der Waals surface area (Å²) >= 11 is 1.71. The van der Waals surface area contributed by atoms with Gasteiger partial charge in [-0.3, -0.25) is 10.1 Å². The molecule has 1 fully saturated rings. The van der Waals surface area contributed by atoms with Crippen molar-refractivity contribution in [3.05, 3.63) is 82.2 Å². The van der Waals surface area contributed by atoms with E-state index in [1.54, 1.807) is 11.3 Å². The Morgan fingerprint density at radius 1 is 1.07 bits per heavy atom. The molecule has 29 heavy (non-hydrogen) atoms. The summed E-state index contributed by atoms with van der Waals surface area (Å²) in [5.74, 6) is 1.13. The van der Waals surface area contributed by atoms with Crippen molar-refractivity contribution in [2.45, 2.75) is 13.0 Å². The van der Waals surface area contributed by atoms with E-state index in [1.807, 2.05) is 29.3 Å². The van der Waals surface area contributed by atoms with Gasteiger partial charge in [-0.05, 0) is 36.1 Å². The number of nitrogens with one attached hydrogen (secondary N) is 1.